The molecule has 3 aromatic rings. The zero-order chi connectivity index (χ0) is 20.6. The lowest BCUT2D eigenvalue weighted by Gasteiger charge is -2.07. The van der Waals surface area contributed by atoms with Crippen LogP contribution in [0.4, 0.5) is 5.13 Å². The van der Waals surface area contributed by atoms with E-state index in [2.05, 4.69) is 26.6 Å². The molecule has 29 heavy (non-hydrogen) atoms. The molecule has 0 bridgehead atoms. The summed E-state index contributed by atoms with van der Waals surface area (Å²) in [5, 5.41) is 21.0. The van der Waals surface area contributed by atoms with Gasteiger partial charge in [-0.3, -0.25) is 10.1 Å². The predicted molar refractivity (Wildman–Crippen MR) is 117 cm³/mol. The number of hydrogen-bond acceptors (Lipinski definition) is 9. The van der Waals surface area contributed by atoms with Gasteiger partial charge in [0.2, 0.25) is 11.0 Å². The Morgan fingerprint density at radius 2 is 2.00 bits per heavy atom. The van der Waals surface area contributed by atoms with E-state index >= 15 is 0 Å². The van der Waals surface area contributed by atoms with Crippen LogP contribution in [0, 0.1) is 11.3 Å². The second kappa shape index (κ2) is 10.2. The van der Waals surface area contributed by atoms with Gasteiger partial charge in [-0.15, -0.1) is 10.2 Å². The summed E-state index contributed by atoms with van der Waals surface area (Å²) in [6.45, 7) is 2.03. The molecule has 0 atom stereocenters. The monoisotopic (exact) mass is 443 g/mol. The summed E-state index contributed by atoms with van der Waals surface area (Å²) >= 11 is 4.13. The third kappa shape index (κ3) is 5.69. The minimum Gasteiger partial charge on any atom is -0.497 e. The van der Waals surface area contributed by atoms with Crippen molar-refractivity contribution in [3.05, 3.63) is 42.0 Å². The molecule has 0 aliphatic carbocycles. The lowest BCUT2D eigenvalue weighted by molar-refractivity contribution is -0.113. The molecule has 0 fully saturated rings. The molecule has 7 nitrogen and oxygen atoms in total. The summed E-state index contributed by atoms with van der Waals surface area (Å²) in [4.78, 5) is 16.8. The van der Waals surface area contributed by atoms with E-state index < -0.39 is 0 Å². The highest BCUT2D eigenvalue weighted by Crippen LogP contribution is 2.28. The first-order chi connectivity index (χ1) is 14.1. The number of thioether (sulfide) groups is 2. The van der Waals surface area contributed by atoms with Crippen LogP contribution in [0.5, 0.6) is 5.75 Å². The van der Waals surface area contributed by atoms with Gasteiger partial charge in [0, 0.05) is 5.56 Å². The number of nitrogens with zero attached hydrogens (tertiary/aromatic N) is 4. The normalized spacial score (nSPS) is 10.4. The van der Waals surface area contributed by atoms with E-state index in [1.807, 2.05) is 31.2 Å². The Morgan fingerprint density at radius 1 is 1.21 bits per heavy atom. The number of amides is 1. The molecule has 3 rings (SSSR count). The number of aromatic nitrogens is 3. The summed E-state index contributed by atoms with van der Waals surface area (Å²) < 4.78 is 5.99. The average Bonchev–Trinajstić information content (AvgIpc) is 3.19. The van der Waals surface area contributed by atoms with Crippen LogP contribution in [0.3, 0.4) is 0 Å². The smallest absolute Gasteiger partial charge is 0.236 e. The number of benzene rings is 1. The molecule has 2 heterocycles. The third-order valence-corrected chi connectivity index (χ3v) is 6.47. The minimum absolute atomic E-state index is 0.115. The van der Waals surface area contributed by atoms with Gasteiger partial charge in [-0.1, -0.05) is 41.8 Å². The Labute approximate surface area is 180 Å². The van der Waals surface area contributed by atoms with Gasteiger partial charge in [0.15, 0.2) is 4.34 Å². The second-order valence-corrected chi connectivity index (χ2v) is 8.99. The third-order valence-electron chi connectivity index (χ3n) is 3.63. The number of nitriles is 1. The molecule has 0 aliphatic heterocycles. The molecule has 1 amide bonds. The van der Waals surface area contributed by atoms with E-state index in [0.29, 0.717) is 15.7 Å². The molecule has 1 aromatic carbocycles. The Bertz CT molecular complexity index is 1030. The van der Waals surface area contributed by atoms with Crippen LogP contribution in [0.1, 0.15) is 12.5 Å². The van der Waals surface area contributed by atoms with Crippen LogP contribution in [-0.2, 0) is 4.79 Å². The molecular weight excluding hydrogens is 426 g/mol. The van der Waals surface area contributed by atoms with Gasteiger partial charge in [-0.2, -0.15) is 5.26 Å². The number of carbonyl (C=O) groups excluding carboxylic acids is 1. The van der Waals surface area contributed by atoms with Crippen molar-refractivity contribution in [1.29, 1.82) is 5.26 Å². The molecule has 0 spiro atoms. The van der Waals surface area contributed by atoms with E-state index in [4.69, 9.17) is 4.74 Å². The fraction of sp³-hybridized carbons (Fsp3) is 0.211. The number of methoxy groups -OCH3 is 1. The van der Waals surface area contributed by atoms with Gasteiger partial charge in [0.05, 0.1) is 24.1 Å². The predicted octanol–water partition coefficient (Wildman–Crippen LogP) is 4.32. The fourth-order valence-electron chi connectivity index (χ4n) is 2.29. The standard InChI is InChI=1S/C19H17N5O2S3/c1-3-27-19-24-23-18(29-19)22-16(25)11-28-17-13(10-20)6-9-15(21-17)12-4-7-14(26-2)8-5-12/h4-9H,3,11H2,1-2H3,(H,22,23,25). The van der Waals surface area contributed by atoms with E-state index in [-0.39, 0.29) is 11.7 Å². The van der Waals surface area contributed by atoms with Crippen LogP contribution in [0.25, 0.3) is 11.3 Å². The van der Waals surface area contributed by atoms with Crippen molar-refractivity contribution >= 4 is 45.9 Å². The highest BCUT2D eigenvalue weighted by atomic mass is 32.2. The minimum atomic E-state index is -0.222. The first kappa shape index (κ1) is 21.1. The molecule has 0 saturated carbocycles. The van der Waals surface area contributed by atoms with E-state index in [0.717, 1.165) is 27.1 Å². The van der Waals surface area contributed by atoms with Crippen molar-refractivity contribution in [1.82, 2.24) is 15.2 Å². The molecule has 10 heteroatoms. The van der Waals surface area contributed by atoms with Crippen molar-refractivity contribution in [3.63, 3.8) is 0 Å². The summed E-state index contributed by atoms with van der Waals surface area (Å²) in [7, 11) is 1.61. The fourth-order valence-corrected chi connectivity index (χ4v) is 4.73. The lowest BCUT2D eigenvalue weighted by Crippen LogP contribution is -2.14. The van der Waals surface area contributed by atoms with Gasteiger partial charge in [0.1, 0.15) is 16.8 Å². The Hall–Kier alpha value is -2.61. The summed E-state index contributed by atoms with van der Waals surface area (Å²) in [5.74, 6) is 1.54. The number of rotatable bonds is 8. The van der Waals surface area contributed by atoms with Crippen LogP contribution >= 0.6 is 34.9 Å². The van der Waals surface area contributed by atoms with Crippen molar-refractivity contribution in [2.45, 2.75) is 16.3 Å². The Morgan fingerprint density at radius 3 is 2.69 bits per heavy atom. The maximum Gasteiger partial charge on any atom is 0.236 e. The van der Waals surface area contributed by atoms with Crippen molar-refractivity contribution in [2.75, 3.05) is 23.9 Å². The summed E-state index contributed by atoms with van der Waals surface area (Å²) in [6.07, 6.45) is 0. The van der Waals surface area contributed by atoms with Gasteiger partial charge in [-0.05, 0) is 42.2 Å². The van der Waals surface area contributed by atoms with E-state index in [1.165, 1.54) is 23.1 Å². The maximum absolute atomic E-state index is 12.3. The van der Waals surface area contributed by atoms with Crippen LogP contribution in [0.15, 0.2) is 45.8 Å². The molecule has 148 valence electrons. The van der Waals surface area contributed by atoms with Crippen LogP contribution in [0.2, 0.25) is 0 Å². The average molecular weight is 444 g/mol. The molecule has 1 N–H and O–H groups in total. The summed E-state index contributed by atoms with van der Waals surface area (Å²) in [5.41, 5.74) is 2.05. The quantitative estimate of drug-likeness (QED) is 0.406. The maximum atomic E-state index is 12.3. The van der Waals surface area contributed by atoms with Crippen molar-refractivity contribution in [2.24, 2.45) is 0 Å². The second-order valence-electron chi connectivity index (χ2n) is 5.53. The number of anilines is 1. The van der Waals surface area contributed by atoms with Crippen molar-refractivity contribution in [3.8, 4) is 23.1 Å². The van der Waals surface area contributed by atoms with Crippen molar-refractivity contribution < 1.29 is 9.53 Å². The summed E-state index contributed by atoms with van der Waals surface area (Å²) in [6, 6.07) is 13.1. The van der Waals surface area contributed by atoms with Gasteiger partial charge in [-0.25, -0.2) is 4.98 Å². The first-order valence-corrected chi connectivity index (χ1v) is 11.4. The largest absolute Gasteiger partial charge is 0.497 e. The Kier molecular flexibility index (Phi) is 7.46. The number of nitrogens with one attached hydrogen (secondary N) is 1. The zero-order valence-corrected chi connectivity index (χ0v) is 18.2. The molecule has 0 unspecified atom stereocenters. The van der Waals surface area contributed by atoms with Crippen LogP contribution in [-0.4, -0.2) is 39.7 Å². The Balaban J connectivity index is 1.68. The van der Waals surface area contributed by atoms with Gasteiger partial charge in [0.25, 0.3) is 0 Å². The van der Waals surface area contributed by atoms with E-state index in [9.17, 15) is 10.1 Å². The number of hydrogen-bond donors (Lipinski definition) is 1. The zero-order valence-electron chi connectivity index (χ0n) is 15.7. The highest BCUT2D eigenvalue weighted by molar-refractivity contribution is 8.01. The highest BCUT2D eigenvalue weighted by Gasteiger charge is 2.13. The first-order valence-electron chi connectivity index (χ1n) is 8.57. The molecule has 0 saturated heterocycles. The number of carbonyl (C=O) groups is 1. The number of pyridine rings is 1. The topological polar surface area (TPSA) is 101 Å². The van der Waals surface area contributed by atoms with Gasteiger partial charge < -0.3 is 4.74 Å². The lowest BCUT2D eigenvalue weighted by atomic mass is 10.1. The molecular formula is C19H17N5O2S3. The molecule has 0 aliphatic rings. The number of ether oxygens (including phenoxy) is 1. The van der Waals surface area contributed by atoms with E-state index in [1.54, 1.807) is 31.0 Å². The SMILES string of the molecule is CCSc1nnc(NC(=O)CSc2nc(-c3ccc(OC)cc3)ccc2C#N)s1. The van der Waals surface area contributed by atoms with Gasteiger partial charge >= 0.3 is 0 Å². The van der Waals surface area contributed by atoms with Crippen LogP contribution < -0.4 is 10.1 Å². The molecule has 0 radical (unpaired) electrons. The molecule has 2 aromatic heterocycles.